The Kier molecular flexibility index (Phi) is 5.56. The summed E-state index contributed by atoms with van der Waals surface area (Å²) in [6, 6.07) is 8.58. The van der Waals surface area contributed by atoms with Crippen LogP contribution in [0.3, 0.4) is 0 Å². The molecule has 0 aliphatic carbocycles. The summed E-state index contributed by atoms with van der Waals surface area (Å²) in [6.45, 7) is 6.93. The monoisotopic (exact) mass is 276 g/mol. The first kappa shape index (κ1) is 15.0. The Morgan fingerprint density at radius 2 is 2.10 bits per heavy atom. The molecule has 0 N–H and O–H groups in total. The van der Waals surface area contributed by atoms with Gasteiger partial charge in [-0.2, -0.15) is 0 Å². The number of aryl methyl sites for hydroxylation is 1. The molecule has 1 aliphatic heterocycles. The zero-order valence-electron chi connectivity index (χ0n) is 12.5. The minimum atomic E-state index is 0.244. The SMILES string of the molecule is COCCN1CCN(Cc2cccc(C)c2)CCC1=O. The van der Waals surface area contributed by atoms with Gasteiger partial charge < -0.3 is 9.64 Å². The van der Waals surface area contributed by atoms with Crippen LogP contribution in [0.1, 0.15) is 17.5 Å². The maximum Gasteiger partial charge on any atom is 0.223 e. The highest BCUT2D eigenvalue weighted by Crippen LogP contribution is 2.11. The quantitative estimate of drug-likeness (QED) is 0.820. The Morgan fingerprint density at radius 1 is 1.25 bits per heavy atom. The summed E-state index contributed by atoms with van der Waals surface area (Å²) in [5.74, 6) is 0.244. The fourth-order valence-electron chi connectivity index (χ4n) is 2.58. The minimum Gasteiger partial charge on any atom is -0.383 e. The Labute approximate surface area is 121 Å². The Balaban J connectivity index is 1.90. The molecule has 4 heteroatoms. The molecule has 4 nitrogen and oxygen atoms in total. The maximum absolute atomic E-state index is 12.0. The van der Waals surface area contributed by atoms with Crippen molar-refractivity contribution < 1.29 is 9.53 Å². The summed E-state index contributed by atoms with van der Waals surface area (Å²) in [4.78, 5) is 16.3. The van der Waals surface area contributed by atoms with E-state index in [0.717, 1.165) is 26.2 Å². The first-order valence-corrected chi connectivity index (χ1v) is 7.23. The number of nitrogens with zero attached hydrogens (tertiary/aromatic N) is 2. The van der Waals surface area contributed by atoms with E-state index in [4.69, 9.17) is 4.74 Å². The van der Waals surface area contributed by atoms with E-state index in [0.29, 0.717) is 19.6 Å². The molecule has 20 heavy (non-hydrogen) atoms. The zero-order valence-corrected chi connectivity index (χ0v) is 12.5. The van der Waals surface area contributed by atoms with Crippen LogP contribution in [0.25, 0.3) is 0 Å². The third kappa shape index (κ3) is 4.32. The van der Waals surface area contributed by atoms with Crippen LogP contribution in [0.4, 0.5) is 0 Å². The Bertz CT molecular complexity index is 448. The van der Waals surface area contributed by atoms with Gasteiger partial charge in [-0.25, -0.2) is 0 Å². The predicted octanol–water partition coefficient (Wildman–Crippen LogP) is 1.68. The third-order valence-electron chi connectivity index (χ3n) is 3.73. The van der Waals surface area contributed by atoms with Crippen LogP contribution in [-0.4, -0.2) is 55.6 Å². The molecule has 0 aromatic heterocycles. The third-order valence-corrected chi connectivity index (χ3v) is 3.73. The van der Waals surface area contributed by atoms with E-state index >= 15 is 0 Å². The molecule has 0 unspecified atom stereocenters. The van der Waals surface area contributed by atoms with Gasteiger partial charge in [0.05, 0.1) is 6.61 Å². The topological polar surface area (TPSA) is 32.8 Å². The maximum atomic E-state index is 12.0. The van der Waals surface area contributed by atoms with E-state index in [1.807, 2.05) is 4.90 Å². The van der Waals surface area contributed by atoms with Crippen LogP contribution in [-0.2, 0) is 16.1 Å². The molecule has 1 aromatic carbocycles. The van der Waals surface area contributed by atoms with Crippen LogP contribution < -0.4 is 0 Å². The summed E-state index contributed by atoms with van der Waals surface area (Å²) >= 11 is 0. The van der Waals surface area contributed by atoms with Gasteiger partial charge in [-0.05, 0) is 12.5 Å². The first-order valence-electron chi connectivity index (χ1n) is 7.23. The van der Waals surface area contributed by atoms with Gasteiger partial charge in [-0.1, -0.05) is 29.8 Å². The van der Waals surface area contributed by atoms with E-state index in [1.54, 1.807) is 7.11 Å². The number of methoxy groups -OCH3 is 1. The van der Waals surface area contributed by atoms with Crippen LogP contribution in [0.5, 0.6) is 0 Å². The molecule has 0 saturated carbocycles. The molecule has 110 valence electrons. The summed E-state index contributed by atoms with van der Waals surface area (Å²) in [5, 5.41) is 0. The summed E-state index contributed by atoms with van der Waals surface area (Å²) in [6.07, 6.45) is 0.607. The van der Waals surface area contributed by atoms with Crippen molar-refractivity contribution in [2.75, 3.05) is 39.9 Å². The number of hydrogen-bond acceptors (Lipinski definition) is 3. The number of carbonyl (C=O) groups excluding carboxylic acids is 1. The number of carbonyl (C=O) groups is 1. The van der Waals surface area contributed by atoms with Gasteiger partial charge in [0.15, 0.2) is 0 Å². The molecule has 0 spiro atoms. The molecule has 2 rings (SSSR count). The molecule has 1 fully saturated rings. The van der Waals surface area contributed by atoms with Gasteiger partial charge in [0.2, 0.25) is 5.91 Å². The largest absolute Gasteiger partial charge is 0.383 e. The molecule has 0 radical (unpaired) electrons. The average Bonchev–Trinajstić information content (AvgIpc) is 2.60. The van der Waals surface area contributed by atoms with E-state index in [9.17, 15) is 4.79 Å². The molecule has 1 aliphatic rings. The molecule has 0 atom stereocenters. The van der Waals surface area contributed by atoms with Crippen LogP contribution in [0.2, 0.25) is 0 Å². The van der Waals surface area contributed by atoms with Crippen molar-refractivity contribution in [1.82, 2.24) is 9.80 Å². The number of amides is 1. The van der Waals surface area contributed by atoms with Crippen molar-refractivity contribution in [1.29, 1.82) is 0 Å². The number of hydrogen-bond donors (Lipinski definition) is 0. The lowest BCUT2D eigenvalue weighted by Gasteiger charge is -2.22. The minimum absolute atomic E-state index is 0.244. The van der Waals surface area contributed by atoms with E-state index in [1.165, 1.54) is 11.1 Å². The van der Waals surface area contributed by atoms with Gasteiger partial charge in [0.25, 0.3) is 0 Å². The van der Waals surface area contributed by atoms with Gasteiger partial charge in [-0.3, -0.25) is 9.69 Å². The second-order valence-electron chi connectivity index (χ2n) is 5.39. The summed E-state index contributed by atoms with van der Waals surface area (Å²) in [7, 11) is 1.67. The molecular formula is C16H24N2O2. The molecule has 1 heterocycles. The van der Waals surface area contributed by atoms with Gasteiger partial charge >= 0.3 is 0 Å². The van der Waals surface area contributed by atoms with Gasteiger partial charge in [-0.15, -0.1) is 0 Å². The van der Waals surface area contributed by atoms with Crippen molar-refractivity contribution in [2.24, 2.45) is 0 Å². The molecular weight excluding hydrogens is 252 g/mol. The standard InChI is InChI=1S/C16H24N2O2/c1-14-4-3-5-15(12-14)13-17-7-6-16(19)18(9-8-17)10-11-20-2/h3-5,12H,6-11,13H2,1-2H3. The fourth-order valence-corrected chi connectivity index (χ4v) is 2.58. The van der Waals surface area contributed by atoms with E-state index in [-0.39, 0.29) is 5.91 Å². The van der Waals surface area contributed by atoms with Crippen molar-refractivity contribution in [3.63, 3.8) is 0 Å². The lowest BCUT2D eigenvalue weighted by atomic mass is 10.1. The smallest absolute Gasteiger partial charge is 0.223 e. The highest BCUT2D eigenvalue weighted by atomic mass is 16.5. The van der Waals surface area contributed by atoms with Crippen molar-refractivity contribution in [3.05, 3.63) is 35.4 Å². The summed E-state index contributed by atoms with van der Waals surface area (Å²) < 4.78 is 5.06. The lowest BCUT2D eigenvalue weighted by Crippen LogP contribution is -2.35. The molecule has 1 aromatic rings. The van der Waals surface area contributed by atoms with Gasteiger partial charge in [0, 0.05) is 46.3 Å². The van der Waals surface area contributed by atoms with E-state index < -0.39 is 0 Å². The van der Waals surface area contributed by atoms with E-state index in [2.05, 4.69) is 36.1 Å². The molecule has 1 amide bonds. The highest BCUT2D eigenvalue weighted by Gasteiger charge is 2.20. The first-order chi connectivity index (χ1) is 9.69. The summed E-state index contributed by atoms with van der Waals surface area (Å²) in [5.41, 5.74) is 2.61. The van der Waals surface area contributed by atoms with Crippen molar-refractivity contribution >= 4 is 5.91 Å². The second-order valence-corrected chi connectivity index (χ2v) is 5.39. The Hall–Kier alpha value is -1.39. The fraction of sp³-hybridized carbons (Fsp3) is 0.562. The van der Waals surface area contributed by atoms with Gasteiger partial charge in [0.1, 0.15) is 0 Å². The van der Waals surface area contributed by atoms with Crippen LogP contribution in [0.15, 0.2) is 24.3 Å². The molecule has 0 bridgehead atoms. The zero-order chi connectivity index (χ0) is 14.4. The average molecular weight is 276 g/mol. The van der Waals surface area contributed by atoms with Crippen molar-refractivity contribution in [3.8, 4) is 0 Å². The number of ether oxygens (including phenoxy) is 1. The molecule has 1 saturated heterocycles. The van der Waals surface area contributed by atoms with Crippen LogP contribution in [0, 0.1) is 6.92 Å². The number of rotatable bonds is 5. The predicted molar refractivity (Wildman–Crippen MR) is 79.5 cm³/mol. The highest BCUT2D eigenvalue weighted by molar-refractivity contribution is 5.76. The second kappa shape index (κ2) is 7.41. The lowest BCUT2D eigenvalue weighted by molar-refractivity contribution is -0.130. The number of benzene rings is 1. The Morgan fingerprint density at radius 3 is 2.85 bits per heavy atom. The van der Waals surface area contributed by atoms with Crippen LogP contribution >= 0.6 is 0 Å². The normalized spacial score (nSPS) is 17.3. The van der Waals surface area contributed by atoms with Crippen molar-refractivity contribution in [2.45, 2.75) is 19.9 Å².